The van der Waals surface area contributed by atoms with E-state index in [0.29, 0.717) is 25.3 Å². The van der Waals surface area contributed by atoms with Gasteiger partial charge in [0.25, 0.3) is 0 Å². The Hall–Kier alpha value is -2.37. The van der Waals surface area contributed by atoms with Gasteiger partial charge >= 0.3 is 5.97 Å². The molecule has 0 radical (unpaired) electrons. The topological polar surface area (TPSA) is 75.7 Å². The summed E-state index contributed by atoms with van der Waals surface area (Å²) in [5.74, 6) is -0.858. The van der Waals surface area contributed by atoms with Crippen molar-refractivity contribution in [3.63, 3.8) is 0 Å². The van der Waals surface area contributed by atoms with Gasteiger partial charge < -0.3 is 15.0 Å². The number of nitrogens with one attached hydrogen (secondary N) is 1. The van der Waals surface area contributed by atoms with Crippen LogP contribution in [0.2, 0.25) is 0 Å². The van der Waals surface area contributed by atoms with Gasteiger partial charge in [-0.25, -0.2) is 0 Å². The molecule has 0 aromatic heterocycles. The van der Waals surface area contributed by atoms with Crippen molar-refractivity contribution in [3.8, 4) is 0 Å². The zero-order chi connectivity index (χ0) is 16.8. The van der Waals surface area contributed by atoms with Gasteiger partial charge in [0.2, 0.25) is 11.8 Å². The first-order valence-electron chi connectivity index (χ1n) is 7.92. The molecule has 1 aliphatic rings. The molecular weight excluding hydrogens is 296 g/mol. The van der Waals surface area contributed by atoms with Crippen LogP contribution in [0.4, 0.5) is 11.4 Å². The SMILES string of the molecule is CCCC(=O)Nc1ccc(N2C[C@@H](C(=O)OCC)CC2=O)cc1. The molecule has 6 heteroatoms. The molecule has 6 nitrogen and oxygen atoms in total. The number of ether oxygens (including phenoxy) is 1. The van der Waals surface area contributed by atoms with Gasteiger partial charge in [-0.15, -0.1) is 0 Å². The minimum Gasteiger partial charge on any atom is -0.466 e. The van der Waals surface area contributed by atoms with E-state index in [1.807, 2.05) is 6.92 Å². The smallest absolute Gasteiger partial charge is 0.311 e. The molecule has 0 bridgehead atoms. The Morgan fingerprint density at radius 2 is 1.96 bits per heavy atom. The molecule has 1 aromatic rings. The summed E-state index contributed by atoms with van der Waals surface area (Å²) >= 11 is 0. The molecule has 1 N–H and O–H groups in total. The van der Waals surface area contributed by atoms with Crippen LogP contribution in [0, 0.1) is 5.92 Å². The largest absolute Gasteiger partial charge is 0.466 e. The standard InChI is InChI=1S/C17H22N2O4/c1-3-5-15(20)18-13-6-8-14(9-7-13)19-11-12(10-16(19)21)17(22)23-4-2/h6-9,12H,3-5,10-11H2,1-2H3,(H,18,20)/t12-/m0/s1. The number of amides is 2. The normalized spacial score (nSPS) is 17.2. The molecule has 1 atom stereocenters. The van der Waals surface area contributed by atoms with Crippen molar-refractivity contribution >= 4 is 29.2 Å². The number of hydrogen-bond acceptors (Lipinski definition) is 4. The minimum atomic E-state index is -0.411. The molecular formula is C17H22N2O4. The molecule has 1 saturated heterocycles. The summed E-state index contributed by atoms with van der Waals surface area (Å²) in [6.45, 7) is 4.34. The maximum absolute atomic E-state index is 12.1. The number of benzene rings is 1. The highest BCUT2D eigenvalue weighted by atomic mass is 16.5. The molecule has 1 aromatic carbocycles. The molecule has 1 fully saturated rings. The van der Waals surface area contributed by atoms with Gasteiger partial charge in [0.05, 0.1) is 12.5 Å². The van der Waals surface area contributed by atoms with Crippen LogP contribution in [0.3, 0.4) is 0 Å². The number of carbonyl (C=O) groups is 3. The maximum Gasteiger partial charge on any atom is 0.311 e. The van der Waals surface area contributed by atoms with Gasteiger partial charge in [-0.1, -0.05) is 6.92 Å². The van der Waals surface area contributed by atoms with Crippen molar-refractivity contribution in [2.75, 3.05) is 23.4 Å². The van der Waals surface area contributed by atoms with E-state index in [1.165, 1.54) is 0 Å². The summed E-state index contributed by atoms with van der Waals surface area (Å²) < 4.78 is 4.98. The quantitative estimate of drug-likeness (QED) is 0.817. The van der Waals surface area contributed by atoms with Gasteiger partial charge in [-0.05, 0) is 37.6 Å². The minimum absolute atomic E-state index is 0.0279. The molecule has 2 rings (SSSR count). The number of esters is 1. The lowest BCUT2D eigenvalue weighted by Gasteiger charge is -2.17. The third-order valence-electron chi connectivity index (χ3n) is 3.68. The molecule has 1 heterocycles. The van der Waals surface area contributed by atoms with Gasteiger partial charge in [-0.2, -0.15) is 0 Å². The first-order chi connectivity index (χ1) is 11.0. The number of nitrogens with zero attached hydrogens (tertiary/aromatic N) is 1. The summed E-state index contributed by atoms with van der Waals surface area (Å²) in [6.07, 6.45) is 1.45. The number of anilines is 2. The summed E-state index contributed by atoms with van der Waals surface area (Å²) in [4.78, 5) is 37.0. The Labute approximate surface area is 135 Å². The van der Waals surface area contributed by atoms with Crippen LogP contribution < -0.4 is 10.2 Å². The van der Waals surface area contributed by atoms with E-state index < -0.39 is 5.92 Å². The zero-order valence-electron chi connectivity index (χ0n) is 13.5. The Balaban J connectivity index is 2.00. The predicted molar refractivity (Wildman–Crippen MR) is 87.1 cm³/mol. The third kappa shape index (κ3) is 4.31. The number of hydrogen-bond donors (Lipinski definition) is 1. The Morgan fingerprint density at radius 3 is 2.57 bits per heavy atom. The third-order valence-corrected chi connectivity index (χ3v) is 3.68. The van der Waals surface area contributed by atoms with E-state index in [0.717, 1.165) is 12.1 Å². The van der Waals surface area contributed by atoms with Crippen LogP contribution in [-0.2, 0) is 19.1 Å². The lowest BCUT2D eigenvalue weighted by molar-refractivity contribution is -0.147. The fraction of sp³-hybridized carbons (Fsp3) is 0.471. The van der Waals surface area contributed by atoms with E-state index in [9.17, 15) is 14.4 Å². The monoisotopic (exact) mass is 318 g/mol. The molecule has 0 saturated carbocycles. The number of carbonyl (C=O) groups excluding carboxylic acids is 3. The highest BCUT2D eigenvalue weighted by molar-refractivity contribution is 5.99. The van der Waals surface area contributed by atoms with Crippen molar-refractivity contribution in [1.29, 1.82) is 0 Å². The molecule has 23 heavy (non-hydrogen) atoms. The van der Waals surface area contributed by atoms with Crippen molar-refractivity contribution in [2.45, 2.75) is 33.1 Å². The Morgan fingerprint density at radius 1 is 1.26 bits per heavy atom. The highest BCUT2D eigenvalue weighted by Gasteiger charge is 2.35. The van der Waals surface area contributed by atoms with E-state index in [1.54, 1.807) is 36.1 Å². The van der Waals surface area contributed by atoms with E-state index in [-0.39, 0.29) is 24.2 Å². The molecule has 1 aliphatic heterocycles. The first-order valence-corrected chi connectivity index (χ1v) is 7.92. The summed E-state index contributed by atoms with van der Waals surface area (Å²) in [5.41, 5.74) is 1.41. The van der Waals surface area contributed by atoms with Crippen LogP contribution in [-0.4, -0.2) is 30.9 Å². The van der Waals surface area contributed by atoms with Crippen molar-refractivity contribution in [3.05, 3.63) is 24.3 Å². The Bertz CT molecular complexity index is 583. The van der Waals surface area contributed by atoms with Crippen molar-refractivity contribution < 1.29 is 19.1 Å². The second kappa shape index (κ2) is 7.76. The molecule has 0 unspecified atom stereocenters. The highest BCUT2D eigenvalue weighted by Crippen LogP contribution is 2.27. The average molecular weight is 318 g/mol. The summed E-state index contributed by atoms with van der Waals surface area (Å²) in [5, 5.41) is 2.80. The second-order valence-corrected chi connectivity index (χ2v) is 5.50. The van der Waals surface area contributed by atoms with E-state index in [4.69, 9.17) is 4.74 Å². The van der Waals surface area contributed by atoms with Gasteiger partial charge in [0.15, 0.2) is 0 Å². The van der Waals surface area contributed by atoms with Crippen LogP contribution >= 0.6 is 0 Å². The second-order valence-electron chi connectivity index (χ2n) is 5.50. The van der Waals surface area contributed by atoms with Gasteiger partial charge in [0, 0.05) is 30.8 Å². The first kappa shape index (κ1) is 17.0. The lowest BCUT2D eigenvalue weighted by Crippen LogP contribution is -2.26. The molecule has 0 aliphatic carbocycles. The zero-order valence-corrected chi connectivity index (χ0v) is 13.5. The molecule has 124 valence electrons. The van der Waals surface area contributed by atoms with Crippen LogP contribution in [0.25, 0.3) is 0 Å². The average Bonchev–Trinajstić information content (AvgIpc) is 2.91. The maximum atomic E-state index is 12.1. The van der Waals surface area contributed by atoms with Crippen LogP contribution in [0.1, 0.15) is 33.1 Å². The van der Waals surface area contributed by atoms with Crippen LogP contribution in [0.5, 0.6) is 0 Å². The van der Waals surface area contributed by atoms with E-state index in [2.05, 4.69) is 5.32 Å². The van der Waals surface area contributed by atoms with Crippen molar-refractivity contribution in [1.82, 2.24) is 0 Å². The summed E-state index contributed by atoms with van der Waals surface area (Å²) in [6, 6.07) is 7.06. The fourth-order valence-corrected chi connectivity index (χ4v) is 2.55. The van der Waals surface area contributed by atoms with Crippen molar-refractivity contribution in [2.24, 2.45) is 5.92 Å². The van der Waals surface area contributed by atoms with Gasteiger partial charge in [-0.3, -0.25) is 14.4 Å². The number of rotatable bonds is 6. The Kier molecular flexibility index (Phi) is 5.73. The summed E-state index contributed by atoms with van der Waals surface area (Å²) in [7, 11) is 0. The van der Waals surface area contributed by atoms with Crippen LogP contribution in [0.15, 0.2) is 24.3 Å². The molecule has 2 amide bonds. The molecule has 0 spiro atoms. The van der Waals surface area contributed by atoms with E-state index >= 15 is 0 Å². The predicted octanol–water partition coefficient (Wildman–Crippen LogP) is 2.34. The van der Waals surface area contributed by atoms with Gasteiger partial charge in [0.1, 0.15) is 0 Å². The lowest BCUT2D eigenvalue weighted by atomic mass is 10.1. The fourth-order valence-electron chi connectivity index (χ4n) is 2.55.